The molecule has 0 fully saturated rings. The molecule has 0 bridgehead atoms. The van der Waals surface area contributed by atoms with Crippen LogP contribution < -0.4 is 10.9 Å². The Hall–Kier alpha value is -3.85. The van der Waals surface area contributed by atoms with Crippen molar-refractivity contribution in [2.24, 2.45) is 0 Å². The molecule has 0 aliphatic carbocycles. The van der Waals surface area contributed by atoms with E-state index in [1.807, 2.05) is 12.1 Å². The Morgan fingerprint density at radius 3 is 2.80 bits per heavy atom. The van der Waals surface area contributed by atoms with Crippen molar-refractivity contribution in [3.8, 4) is 23.0 Å². The van der Waals surface area contributed by atoms with E-state index in [0.717, 1.165) is 10.2 Å². The number of rotatable bonds is 6. The molecular formula is C20H15ClN6O3. The monoisotopic (exact) mass is 422 g/mol. The van der Waals surface area contributed by atoms with Crippen LogP contribution in [0.3, 0.4) is 0 Å². The molecule has 150 valence electrons. The first-order valence-corrected chi connectivity index (χ1v) is 9.31. The van der Waals surface area contributed by atoms with Crippen molar-refractivity contribution in [1.82, 2.24) is 30.2 Å². The smallest absolute Gasteiger partial charge is 0.278 e. The fourth-order valence-corrected chi connectivity index (χ4v) is 2.85. The largest absolute Gasteiger partial charge is 0.350 e. The van der Waals surface area contributed by atoms with Gasteiger partial charge < -0.3 is 9.84 Å². The average Bonchev–Trinajstić information content (AvgIpc) is 3.26. The minimum absolute atomic E-state index is 0.124. The molecule has 0 aliphatic heterocycles. The number of nitrogens with one attached hydrogen (secondary N) is 1. The molecule has 3 aromatic heterocycles. The van der Waals surface area contributed by atoms with Gasteiger partial charge >= 0.3 is 0 Å². The molecule has 0 unspecified atom stereocenters. The molecule has 0 atom stereocenters. The Morgan fingerprint density at radius 2 is 2.00 bits per heavy atom. The van der Waals surface area contributed by atoms with Crippen LogP contribution in [0.5, 0.6) is 0 Å². The number of hydrogen-bond acceptors (Lipinski definition) is 7. The maximum atomic E-state index is 12.3. The van der Waals surface area contributed by atoms with Crippen molar-refractivity contribution in [2.75, 3.05) is 0 Å². The molecule has 0 spiro atoms. The van der Waals surface area contributed by atoms with E-state index in [9.17, 15) is 9.59 Å². The van der Waals surface area contributed by atoms with Crippen molar-refractivity contribution in [3.05, 3.63) is 81.9 Å². The lowest BCUT2D eigenvalue weighted by atomic mass is 10.2. The Morgan fingerprint density at radius 1 is 1.13 bits per heavy atom. The summed E-state index contributed by atoms with van der Waals surface area (Å²) < 4.78 is 6.27. The summed E-state index contributed by atoms with van der Waals surface area (Å²) in [7, 11) is 0. The maximum absolute atomic E-state index is 12.3. The van der Waals surface area contributed by atoms with E-state index >= 15 is 0 Å². The van der Waals surface area contributed by atoms with Gasteiger partial charge in [0.05, 0.1) is 0 Å². The van der Waals surface area contributed by atoms with Gasteiger partial charge in [0.25, 0.3) is 11.4 Å². The zero-order valence-corrected chi connectivity index (χ0v) is 16.3. The highest BCUT2D eigenvalue weighted by atomic mass is 35.5. The maximum Gasteiger partial charge on any atom is 0.278 e. The number of aromatic nitrogens is 5. The van der Waals surface area contributed by atoms with E-state index in [4.69, 9.17) is 16.1 Å². The lowest BCUT2D eigenvalue weighted by Gasteiger charge is -2.08. The van der Waals surface area contributed by atoms with Crippen LogP contribution in [0.25, 0.3) is 23.0 Å². The lowest BCUT2D eigenvalue weighted by Crippen LogP contribution is -2.33. The fraction of sp³-hybridized carbons (Fsp3) is 0.100. The Balaban J connectivity index is 1.48. The number of pyridine rings is 1. The van der Waals surface area contributed by atoms with Gasteiger partial charge in [-0.05, 0) is 29.8 Å². The predicted molar refractivity (Wildman–Crippen MR) is 108 cm³/mol. The van der Waals surface area contributed by atoms with Gasteiger partial charge in [-0.15, -0.1) is 0 Å². The molecule has 0 aliphatic rings. The predicted octanol–water partition coefficient (Wildman–Crippen LogP) is 2.33. The van der Waals surface area contributed by atoms with E-state index in [2.05, 4.69) is 25.5 Å². The van der Waals surface area contributed by atoms with Crippen molar-refractivity contribution in [3.63, 3.8) is 0 Å². The van der Waals surface area contributed by atoms with E-state index in [1.54, 1.807) is 36.7 Å². The minimum atomic E-state index is -0.432. The molecule has 30 heavy (non-hydrogen) atoms. The number of benzene rings is 1. The molecule has 1 amide bonds. The Bertz CT molecular complexity index is 1240. The van der Waals surface area contributed by atoms with Gasteiger partial charge in [-0.25, -0.2) is 4.68 Å². The number of amides is 1. The van der Waals surface area contributed by atoms with Gasteiger partial charge in [-0.2, -0.15) is 10.1 Å². The molecular weight excluding hydrogens is 408 g/mol. The van der Waals surface area contributed by atoms with Crippen LogP contribution in [0.15, 0.2) is 70.2 Å². The zero-order chi connectivity index (χ0) is 20.9. The Kier molecular flexibility index (Phi) is 5.62. The molecule has 3 heterocycles. The first-order chi connectivity index (χ1) is 14.6. The van der Waals surface area contributed by atoms with E-state index in [0.29, 0.717) is 16.4 Å². The first kappa shape index (κ1) is 19.5. The molecule has 1 N–H and O–H groups in total. The molecule has 4 rings (SSSR count). The lowest BCUT2D eigenvalue weighted by molar-refractivity contribution is -0.122. The molecule has 0 radical (unpaired) electrons. The summed E-state index contributed by atoms with van der Waals surface area (Å²) in [5.74, 6) is 0.0810. The van der Waals surface area contributed by atoms with Crippen molar-refractivity contribution >= 4 is 17.5 Å². The van der Waals surface area contributed by atoms with Crippen molar-refractivity contribution in [2.45, 2.75) is 13.1 Å². The SMILES string of the molecule is O=C(Cn1nc(-c2nc(-c3cccnc3)no2)ccc1=O)NCc1ccccc1Cl. The van der Waals surface area contributed by atoms with E-state index in [-0.39, 0.29) is 30.6 Å². The van der Waals surface area contributed by atoms with Crippen LogP contribution in [0.2, 0.25) is 5.02 Å². The number of nitrogens with zero attached hydrogens (tertiary/aromatic N) is 5. The van der Waals surface area contributed by atoms with Crippen LogP contribution >= 0.6 is 11.6 Å². The normalized spacial score (nSPS) is 10.7. The third-order valence-electron chi connectivity index (χ3n) is 4.16. The van der Waals surface area contributed by atoms with E-state index < -0.39 is 5.56 Å². The molecule has 4 aromatic rings. The van der Waals surface area contributed by atoms with Crippen LogP contribution in [-0.2, 0) is 17.9 Å². The third kappa shape index (κ3) is 4.41. The number of halogens is 1. The third-order valence-corrected chi connectivity index (χ3v) is 4.53. The highest BCUT2D eigenvalue weighted by Gasteiger charge is 2.14. The van der Waals surface area contributed by atoms with Gasteiger partial charge in [0.1, 0.15) is 12.2 Å². The number of carbonyl (C=O) groups is 1. The molecule has 0 saturated heterocycles. The summed E-state index contributed by atoms with van der Waals surface area (Å²) in [4.78, 5) is 32.7. The topological polar surface area (TPSA) is 116 Å². The second-order valence-electron chi connectivity index (χ2n) is 6.25. The van der Waals surface area contributed by atoms with Crippen LogP contribution in [0.4, 0.5) is 0 Å². The zero-order valence-electron chi connectivity index (χ0n) is 15.5. The number of hydrogen-bond donors (Lipinski definition) is 1. The molecule has 9 nitrogen and oxygen atoms in total. The standard InChI is InChI=1S/C20H15ClN6O3/c21-15-6-2-1-4-13(15)11-23-17(28)12-27-18(29)8-7-16(25-27)20-24-19(26-30-20)14-5-3-9-22-10-14/h1-10H,11-12H2,(H,23,28). The minimum Gasteiger partial charge on any atom is -0.350 e. The van der Waals surface area contributed by atoms with Gasteiger partial charge in [-0.3, -0.25) is 14.6 Å². The highest BCUT2D eigenvalue weighted by molar-refractivity contribution is 6.31. The molecule has 0 saturated carbocycles. The highest BCUT2D eigenvalue weighted by Crippen LogP contribution is 2.19. The summed E-state index contributed by atoms with van der Waals surface area (Å²) in [5, 5.41) is 11.3. The fourth-order valence-electron chi connectivity index (χ4n) is 2.64. The summed E-state index contributed by atoms with van der Waals surface area (Å²) in [6, 6.07) is 13.5. The summed E-state index contributed by atoms with van der Waals surface area (Å²) >= 11 is 6.08. The van der Waals surface area contributed by atoms with Crippen molar-refractivity contribution in [1.29, 1.82) is 0 Å². The first-order valence-electron chi connectivity index (χ1n) is 8.93. The van der Waals surface area contributed by atoms with Gasteiger partial charge in [-0.1, -0.05) is 35.0 Å². The quantitative estimate of drug-likeness (QED) is 0.506. The van der Waals surface area contributed by atoms with Gasteiger partial charge in [0.15, 0.2) is 0 Å². The van der Waals surface area contributed by atoms with E-state index in [1.165, 1.54) is 12.1 Å². The van der Waals surface area contributed by atoms with Crippen LogP contribution in [-0.4, -0.2) is 30.8 Å². The van der Waals surface area contributed by atoms with Gasteiger partial charge in [0.2, 0.25) is 11.7 Å². The number of carbonyl (C=O) groups excluding carboxylic acids is 1. The molecule has 1 aromatic carbocycles. The van der Waals surface area contributed by atoms with Gasteiger partial charge in [0, 0.05) is 35.6 Å². The summed E-state index contributed by atoms with van der Waals surface area (Å²) in [5.41, 5.74) is 1.30. The summed E-state index contributed by atoms with van der Waals surface area (Å²) in [6.45, 7) is -0.0220. The van der Waals surface area contributed by atoms with Crippen LogP contribution in [0.1, 0.15) is 5.56 Å². The Labute approximate surface area is 175 Å². The van der Waals surface area contributed by atoms with Crippen molar-refractivity contribution < 1.29 is 9.32 Å². The second-order valence-corrected chi connectivity index (χ2v) is 6.65. The summed E-state index contributed by atoms with van der Waals surface area (Å²) in [6.07, 6.45) is 3.24. The van der Waals surface area contributed by atoms with Crippen LogP contribution in [0, 0.1) is 0 Å². The average molecular weight is 423 g/mol. The second kappa shape index (κ2) is 8.66. The molecule has 10 heteroatoms.